The predicted octanol–water partition coefficient (Wildman–Crippen LogP) is 4.39. The van der Waals surface area contributed by atoms with Crippen LogP contribution in [0.25, 0.3) is 28.2 Å². The lowest BCUT2D eigenvalue weighted by atomic mass is 10.1. The minimum Gasteiger partial charge on any atom is -0.331 e. The summed E-state index contributed by atoms with van der Waals surface area (Å²) >= 11 is 5.62. The van der Waals surface area contributed by atoms with Crippen molar-refractivity contribution in [1.29, 1.82) is 5.26 Å². The van der Waals surface area contributed by atoms with Gasteiger partial charge in [0.15, 0.2) is 10.8 Å². The smallest absolute Gasteiger partial charge is 0.198 e. The van der Waals surface area contributed by atoms with Crippen LogP contribution in [0.5, 0.6) is 0 Å². The molecule has 0 spiro atoms. The van der Waals surface area contributed by atoms with E-state index in [1.807, 2.05) is 62.6 Å². The zero-order chi connectivity index (χ0) is 22.9. The third kappa shape index (κ3) is 4.07. The van der Waals surface area contributed by atoms with E-state index in [1.54, 1.807) is 27.4 Å². The Kier molecular flexibility index (Phi) is 5.12. The van der Waals surface area contributed by atoms with E-state index in [4.69, 9.17) is 22.6 Å². The summed E-state index contributed by atoms with van der Waals surface area (Å²) in [6.07, 6.45) is 3.79. The highest BCUT2D eigenvalue weighted by Gasteiger charge is 2.17. The Balaban J connectivity index is 1.59. The van der Waals surface area contributed by atoms with Crippen LogP contribution in [0.2, 0.25) is 0 Å². The third-order valence-corrected chi connectivity index (χ3v) is 5.33. The van der Waals surface area contributed by atoms with Crippen molar-refractivity contribution < 1.29 is 0 Å². The van der Waals surface area contributed by atoms with Crippen molar-refractivity contribution in [3.05, 3.63) is 84.1 Å². The molecule has 1 aromatic carbocycles. The maximum absolute atomic E-state index is 9.16. The lowest BCUT2D eigenvalue weighted by Crippen LogP contribution is -2.19. The van der Waals surface area contributed by atoms with E-state index in [2.05, 4.69) is 26.5 Å². The molecule has 1 N–H and O–H groups in total. The summed E-state index contributed by atoms with van der Waals surface area (Å²) < 4.78 is 3.36. The molecule has 4 heterocycles. The summed E-state index contributed by atoms with van der Waals surface area (Å²) in [6.45, 7) is 3.80. The van der Waals surface area contributed by atoms with Gasteiger partial charge in [-0.3, -0.25) is 4.98 Å². The highest BCUT2D eigenvalue weighted by Crippen LogP contribution is 2.30. The fourth-order valence-corrected chi connectivity index (χ4v) is 3.77. The highest BCUT2D eigenvalue weighted by atomic mass is 32.1. The number of nitrogens with one attached hydrogen (secondary N) is 1. The number of nitriles is 1. The van der Waals surface area contributed by atoms with Crippen LogP contribution >= 0.6 is 12.2 Å². The first-order valence-corrected chi connectivity index (χ1v) is 10.6. The number of hydrogen-bond acceptors (Lipinski definition) is 6. The number of benzene rings is 1. The van der Waals surface area contributed by atoms with Gasteiger partial charge in [0, 0.05) is 34.9 Å². The highest BCUT2D eigenvalue weighted by molar-refractivity contribution is 7.80. The molecule has 0 amide bonds. The Morgan fingerprint density at radius 3 is 2.67 bits per heavy atom. The molecular weight excluding hydrogens is 432 g/mol. The second-order valence-electron chi connectivity index (χ2n) is 7.50. The summed E-state index contributed by atoms with van der Waals surface area (Å²) in [6, 6.07) is 19.0. The van der Waals surface area contributed by atoms with Crippen molar-refractivity contribution in [3.8, 4) is 28.6 Å². The molecule has 9 heteroatoms. The van der Waals surface area contributed by atoms with Crippen LogP contribution in [-0.2, 0) is 0 Å². The number of pyridine rings is 2. The lowest BCUT2D eigenvalue weighted by Gasteiger charge is -2.07. The van der Waals surface area contributed by atoms with Crippen LogP contribution in [0, 0.1) is 25.2 Å². The number of aryl methyl sites for hydroxylation is 2. The molecule has 160 valence electrons. The second kappa shape index (κ2) is 8.26. The molecule has 33 heavy (non-hydrogen) atoms. The molecule has 5 rings (SSSR count). The molecule has 0 aliphatic rings. The molecule has 0 bridgehead atoms. The van der Waals surface area contributed by atoms with Gasteiger partial charge in [-0.25, -0.2) is 14.2 Å². The Morgan fingerprint density at radius 2 is 1.85 bits per heavy atom. The third-order valence-electron chi connectivity index (χ3n) is 5.04. The summed E-state index contributed by atoms with van der Waals surface area (Å²) in [4.78, 5) is 9.06. The van der Waals surface area contributed by atoms with Gasteiger partial charge >= 0.3 is 0 Å². The number of hydrogen-bond donors (Lipinski definition) is 1. The van der Waals surface area contributed by atoms with Crippen LogP contribution in [0.1, 0.15) is 17.1 Å². The maximum Gasteiger partial charge on any atom is 0.198 e. The van der Waals surface area contributed by atoms with Gasteiger partial charge in [-0.2, -0.15) is 15.5 Å². The minimum absolute atomic E-state index is 0.378. The van der Waals surface area contributed by atoms with Gasteiger partial charge in [-0.15, -0.1) is 0 Å². The Bertz CT molecular complexity index is 1560. The van der Waals surface area contributed by atoms with Crippen molar-refractivity contribution in [2.24, 2.45) is 0 Å². The minimum atomic E-state index is 0.378. The first kappa shape index (κ1) is 20.5. The molecule has 0 fully saturated rings. The summed E-state index contributed by atoms with van der Waals surface area (Å²) in [7, 11) is 0. The quantitative estimate of drug-likeness (QED) is 0.407. The standard InChI is InChI=1S/C24H18N8S/c1-15-5-3-8-21(26-15)23-20(18-9-10-22-27-16(2)29-31(22)13-18)14-32(30-23)24(33)28-19-7-4-6-17(11-19)12-25/h3-11,13-14H,1-2H3,(H,28,33). The van der Waals surface area contributed by atoms with Crippen LogP contribution < -0.4 is 5.32 Å². The van der Waals surface area contributed by atoms with E-state index in [0.29, 0.717) is 27.9 Å². The van der Waals surface area contributed by atoms with Crippen LogP contribution in [0.4, 0.5) is 5.69 Å². The number of rotatable bonds is 3. The fraction of sp³-hybridized carbons (Fsp3) is 0.0833. The molecule has 0 aliphatic heterocycles. The largest absolute Gasteiger partial charge is 0.331 e. The zero-order valence-electron chi connectivity index (χ0n) is 17.9. The Labute approximate surface area is 195 Å². The fourth-order valence-electron chi connectivity index (χ4n) is 3.55. The maximum atomic E-state index is 9.16. The first-order chi connectivity index (χ1) is 16.0. The van der Waals surface area contributed by atoms with Gasteiger partial charge in [0.2, 0.25) is 0 Å². The van der Waals surface area contributed by atoms with Crippen molar-refractivity contribution in [2.75, 3.05) is 5.32 Å². The van der Waals surface area contributed by atoms with Crippen molar-refractivity contribution in [1.82, 2.24) is 29.4 Å². The molecule has 0 atom stereocenters. The predicted molar refractivity (Wildman–Crippen MR) is 130 cm³/mol. The van der Waals surface area contributed by atoms with Gasteiger partial charge in [-0.1, -0.05) is 12.1 Å². The molecule has 0 saturated carbocycles. The monoisotopic (exact) mass is 450 g/mol. The van der Waals surface area contributed by atoms with Crippen LogP contribution in [0.15, 0.2) is 67.0 Å². The van der Waals surface area contributed by atoms with Crippen LogP contribution in [0.3, 0.4) is 0 Å². The number of fused-ring (bicyclic) bond motifs is 1. The van der Waals surface area contributed by atoms with Crippen molar-refractivity contribution in [3.63, 3.8) is 0 Å². The van der Waals surface area contributed by atoms with E-state index >= 15 is 0 Å². The Morgan fingerprint density at radius 1 is 1.00 bits per heavy atom. The molecule has 0 radical (unpaired) electrons. The van der Waals surface area contributed by atoms with E-state index in [-0.39, 0.29) is 0 Å². The Hall–Kier alpha value is -4.42. The van der Waals surface area contributed by atoms with Gasteiger partial charge < -0.3 is 5.32 Å². The number of anilines is 1. The second-order valence-corrected chi connectivity index (χ2v) is 7.89. The molecule has 0 unspecified atom stereocenters. The van der Waals surface area contributed by atoms with E-state index in [1.165, 1.54) is 0 Å². The van der Waals surface area contributed by atoms with Gasteiger partial charge in [-0.05, 0) is 68.5 Å². The lowest BCUT2D eigenvalue weighted by molar-refractivity contribution is 0.932. The summed E-state index contributed by atoms with van der Waals surface area (Å²) in [5.74, 6) is 0.702. The summed E-state index contributed by atoms with van der Waals surface area (Å²) in [5, 5.41) is 21.9. The van der Waals surface area contributed by atoms with E-state index < -0.39 is 0 Å². The van der Waals surface area contributed by atoms with E-state index in [0.717, 1.165) is 28.2 Å². The molecular formula is C24H18N8S. The average Bonchev–Trinajstić information content (AvgIpc) is 3.42. The molecule has 4 aromatic heterocycles. The normalized spacial score (nSPS) is 10.8. The van der Waals surface area contributed by atoms with Crippen molar-refractivity contribution >= 4 is 28.7 Å². The average molecular weight is 451 g/mol. The van der Waals surface area contributed by atoms with Gasteiger partial charge in [0.25, 0.3) is 0 Å². The summed E-state index contributed by atoms with van der Waals surface area (Å²) in [5.41, 5.74) is 6.13. The topological polar surface area (TPSA) is 96.7 Å². The molecule has 8 nitrogen and oxygen atoms in total. The molecule has 0 aliphatic carbocycles. The van der Waals surface area contributed by atoms with Gasteiger partial charge in [0.1, 0.15) is 11.5 Å². The molecule has 0 saturated heterocycles. The number of thiocarbonyl (C=S) groups is 1. The number of nitrogens with zero attached hydrogens (tertiary/aromatic N) is 7. The van der Waals surface area contributed by atoms with Gasteiger partial charge in [0.05, 0.1) is 17.3 Å². The first-order valence-electron chi connectivity index (χ1n) is 10.2. The SMILES string of the molecule is Cc1cccc(-c2nn(C(=S)Nc3cccc(C#N)c3)cc2-c2ccc3nc(C)nn3c2)n1. The van der Waals surface area contributed by atoms with Crippen LogP contribution in [-0.4, -0.2) is 34.5 Å². The number of aromatic nitrogens is 6. The molecule has 5 aromatic rings. The zero-order valence-corrected chi connectivity index (χ0v) is 18.7. The van der Waals surface area contributed by atoms with E-state index in [9.17, 15) is 0 Å². The van der Waals surface area contributed by atoms with Crippen molar-refractivity contribution in [2.45, 2.75) is 13.8 Å².